The third-order valence-electron chi connectivity index (χ3n) is 3.75. The lowest BCUT2D eigenvalue weighted by molar-refractivity contribution is -0.136. The molecule has 2 N–H and O–H groups in total. The number of aliphatic carboxylic acids is 1. The molecular formula is C18H17N3O4S. The molecule has 3 rings (SSSR count). The number of carbonyl (C=O) groups excluding carboxylic acids is 1. The van der Waals surface area contributed by atoms with Crippen LogP contribution in [-0.2, 0) is 11.2 Å². The van der Waals surface area contributed by atoms with Crippen molar-refractivity contribution < 1.29 is 19.4 Å². The number of fused-ring (bicyclic) bond motifs is 1. The summed E-state index contributed by atoms with van der Waals surface area (Å²) in [5.74, 6) is -0.670. The van der Waals surface area contributed by atoms with Crippen LogP contribution in [0.4, 0.5) is 5.69 Å². The molecule has 0 saturated carbocycles. The van der Waals surface area contributed by atoms with Gasteiger partial charge in [-0.1, -0.05) is 12.1 Å². The highest BCUT2D eigenvalue weighted by Crippen LogP contribution is 2.34. The minimum Gasteiger partial charge on any atom is -0.481 e. The van der Waals surface area contributed by atoms with E-state index in [9.17, 15) is 9.59 Å². The number of carboxylic acids is 1. The zero-order valence-corrected chi connectivity index (χ0v) is 15.1. The molecule has 7 nitrogen and oxygen atoms in total. The molecule has 0 spiro atoms. The summed E-state index contributed by atoms with van der Waals surface area (Å²) in [6, 6.07) is 6.73. The van der Waals surface area contributed by atoms with Crippen LogP contribution in [0.15, 0.2) is 30.6 Å². The summed E-state index contributed by atoms with van der Waals surface area (Å²) in [6.07, 6.45) is 1.37. The fourth-order valence-corrected chi connectivity index (χ4v) is 3.61. The SMILES string of the molecule is CCOc1ncnc2sc(C(=O)Nc3ccc(CC(=O)O)cc3)c(C)c12. The quantitative estimate of drug-likeness (QED) is 0.689. The lowest BCUT2D eigenvalue weighted by Crippen LogP contribution is -2.11. The highest BCUT2D eigenvalue weighted by atomic mass is 32.1. The van der Waals surface area contributed by atoms with E-state index in [1.165, 1.54) is 17.7 Å². The molecule has 0 saturated heterocycles. The Morgan fingerprint density at radius 1 is 1.23 bits per heavy atom. The topological polar surface area (TPSA) is 101 Å². The second-order valence-corrected chi connectivity index (χ2v) is 6.57. The van der Waals surface area contributed by atoms with Crippen LogP contribution in [0.3, 0.4) is 0 Å². The van der Waals surface area contributed by atoms with Gasteiger partial charge in [0.25, 0.3) is 5.91 Å². The van der Waals surface area contributed by atoms with Gasteiger partial charge in [-0.15, -0.1) is 11.3 Å². The lowest BCUT2D eigenvalue weighted by Gasteiger charge is -2.06. The fourth-order valence-electron chi connectivity index (χ4n) is 2.57. The third kappa shape index (κ3) is 3.65. The molecule has 1 amide bonds. The number of anilines is 1. The summed E-state index contributed by atoms with van der Waals surface area (Å²) in [7, 11) is 0. The minimum absolute atomic E-state index is 0.0531. The van der Waals surface area contributed by atoms with Gasteiger partial charge in [-0.05, 0) is 37.1 Å². The Bertz CT molecular complexity index is 966. The van der Waals surface area contributed by atoms with Crippen LogP contribution in [-0.4, -0.2) is 33.6 Å². The van der Waals surface area contributed by atoms with Crippen LogP contribution >= 0.6 is 11.3 Å². The van der Waals surface area contributed by atoms with Gasteiger partial charge in [0.05, 0.1) is 23.3 Å². The molecule has 0 bridgehead atoms. The molecule has 0 radical (unpaired) electrons. The van der Waals surface area contributed by atoms with Gasteiger partial charge in [0.15, 0.2) is 0 Å². The molecule has 8 heteroatoms. The Morgan fingerprint density at radius 2 is 1.96 bits per heavy atom. The number of hydrogen-bond donors (Lipinski definition) is 2. The third-order valence-corrected chi connectivity index (χ3v) is 4.95. The van der Waals surface area contributed by atoms with Gasteiger partial charge in [-0.3, -0.25) is 9.59 Å². The minimum atomic E-state index is -0.895. The van der Waals surface area contributed by atoms with Gasteiger partial charge in [0.2, 0.25) is 5.88 Å². The number of ether oxygens (including phenoxy) is 1. The van der Waals surface area contributed by atoms with Crippen LogP contribution in [0.25, 0.3) is 10.2 Å². The first-order valence-corrected chi connectivity index (χ1v) is 8.80. The summed E-state index contributed by atoms with van der Waals surface area (Å²) in [4.78, 5) is 33.0. The van der Waals surface area contributed by atoms with Crippen LogP contribution in [0.2, 0.25) is 0 Å². The predicted molar refractivity (Wildman–Crippen MR) is 99.1 cm³/mol. The van der Waals surface area contributed by atoms with Crippen molar-refractivity contribution in [3.8, 4) is 5.88 Å². The van der Waals surface area contributed by atoms with Crippen LogP contribution in [0.1, 0.15) is 27.7 Å². The Kier molecular flexibility index (Phi) is 5.13. The molecule has 0 atom stereocenters. The van der Waals surface area contributed by atoms with E-state index in [1.807, 2.05) is 13.8 Å². The van der Waals surface area contributed by atoms with Gasteiger partial charge in [-0.25, -0.2) is 9.97 Å². The number of aryl methyl sites for hydroxylation is 1. The maximum absolute atomic E-state index is 12.7. The number of benzene rings is 1. The van der Waals surface area contributed by atoms with E-state index in [-0.39, 0.29) is 12.3 Å². The van der Waals surface area contributed by atoms with E-state index < -0.39 is 5.97 Å². The molecule has 134 valence electrons. The first-order valence-electron chi connectivity index (χ1n) is 7.98. The molecular weight excluding hydrogens is 354 g/mol. The molecule has 0 aliphatic carbocycles. The van der Waals surface area contributed by atoms with Gasteiger partial charge in [0, 0.05) is 5.69 Å². The van der Waals surface area contributed by atoms with Crippen molar-refractivity contribution in [2.45, 2.75) is 20.3 Å². The average Bonchev–Trinajstić information content (AvgIpc) is 2.94. The molecule has 0 fully saturated rings. The zero-order chi connectivity index (χ0) is 18.7. The van der Waals surface area contributed by atoms with Crippen molar-refractivity contribution in [3.05, 3.63) is 46.6 Å². The monoisotopic (exact) mass is 371 g/mol. The molecule has 3 aromatic rings. The second-order valence-electron chi connectivity index (χ2n) is 5.57. The number of carboxylic acid groups (broad SMARTS) is 1. The Labute approximate surface area is 153 Å². The molecule has 1 aromatic carbocycles. The molecule has 2 aromatic heterocycles. The van der Waals surface area contributed by atoms with E-state index in [0.717, 1.165) is 10.9 Å². The van der Waals surface area contributed by atoms with Gasteiger partial charge < -0.3 is 15.2 Å². The second kappa shape index (κ2) is 7.49. The number of nitrogens with zero attached hydrogens (tertiary/aromatic N) is 2. The van der Waals surface area contributed by atoms with Crippen LogP contribution in [0.5, 0.6) is 5.88 Å². The maximum Gasteiger partial charge on any atom is 0.307 e. The van der Waals surface area contributed by atoms with E-state index in [1.54, 1.807) is 24.3 Å². The number of aromatic nitrogens is 2. The molecule has 0 aliphatic rings. The first kappa shape index (κ1) is 17.8. The number of thiophene rings is 1. The number of rotatable bonds is 6. The summed E-state index contributed by atoms with van der Waals surface area (Å²) in [5.41, 5.74) is 2.04. The number of nitrogens with one attached hydrogen (secondary N) is 1. The highest BCUT2D eigenvalue weighted by molar-refractivity contribution is 7.20. The normalized spacial score (nSPS) is 10.7. The van der Waals surface area contributed by atoms with Crippen molar-refractivity contribution in [2.75, 3.05) is 11.9 Å². The lowest BCUT2D eigenvalue weighted by atomic mass is 10.1. The number of amides is 1. The largest absolute Gasteiger partial charge is 0.481 e. The van der Waals surface area contributed by atoms with Crippen molar-refractivity contribution >= 4 is 39.1 Å². The molecule has 0 aliphatic heterocycles. The Hall–Kier alpha value is -3.00. The predicted octanol–water partition coefficient (Wildman–Crippen LogP) is 3.28. The van der Waals surface area contributed by atoms with Gasteiger partial charge in [0.1, 0.15) is 11.2 Å². The maximum atomic E-state index is 12.7. The van der Waals surface area contributed by atoms with Gasteiger partial charge >= 0.3 is 5.97 Å². The van der Waals surface area contributed by atoms with E-state index >= 15 is 0 Å². The molecule has 26 heavy (non-hydrogen) atoms. The summed E-state index contributed by atoms with van der Waals surface area (Å²) >= 11 is 1.28. The van der Waals surface area contributed by atoms with Gasteiger partial charge in [-0.2, -0.15) is 0 Å². The summed E-state index contributed by atoms with van der Waals surface area (Å²) in [6.45, 7) is 4.19. The van der Waals surface area contributed by atoms with E-state index in [0.29, 0.717) is 33.4 Å². The molecule has 2 heterocycles. The fraction of sp³-hybridized carbons (Fsp3) is 0.222. The Balaban J connectivity index is 1.85. The summed E-state index contributed by atoms with van der Waals surface area (Å²) in [5, 5.41) is 12.4. The van der Waals surface area contributed by atoms with Crippen molar-refractivity contribution in [1.82, 2.24) is 9.97 Å². The standard InChI is InChI=1S/C18H17N3O4S/c1-3-25-17-14-10(2)15(26-18(14)20-9-19-17)16(24)21-12-6-4-11(5-7-12)8-13(22)23/h4-7,9H,3,8H2,1-2H3,(H,21,24)(H,22,23). The highest BCUT2D eigenvalue weighted by Gasteiger charge is 2.20. The number of carbonyl (C=O) groups is 2. The first-order chi connectivity index (χ1) is 12.5. The van der Waals surface area contributed by atoms with Crippen LogP contribution in [0, 0.1) is 6.92 Å². The zero-order valence-electron chi connectivity index (χ0n) is 14.3. The van der Waals surface area contributed by atoms with Crippen LogP contribution < -0.4 is 10.1 Å². The molecule has 0 unspecified atom stereocenters. The van der Waals surface area contributed by atoms with Crippen molar-refractivity contribution in [2.24, 2.45) is 0 Å². The van der Waals surface area contributed by atoms with Crippen molar-refractivity contribution in [3.63, 3.8) is 0 Å². The number of hydrogen-bond acceptors (Lipinski definition) is 6. The van der Waals surface area contributed by atoms with E-state index in [2.05, 4.69) is 15.3 Å². The van der Waals surface area contributed by atoms with E-state index in [4.69, 9.17) is 9.84 Å². The Morgan fingerprint density at radius 3 is 2.62 bits per heavy atom. The smallest absolute Gasteiger partial charge is 0.307 e. The van der Waals surface area contributed by atoms with Crippen molar-refractivity contribution in [1.29, 1.82) is 0 Å². The summed E-state index contributed by atoms with van der Waals surface area (Å²) < 4.78 is 5.53. The average molecular weight is 371 g/mol.